The lowest BCUT2D eigenvalue weighted by atomic mass is 10.00. The lowest BCUT2D eigenvalue weighted by Gasteiger charge is -2.37. The summed E-state index contributed by atoms with van der Waals surface area (Å²) >= 11 is 0. The zero-order chi connectivity index (χ0) is 24.5. The van der Waals surface area contributed by atoms with Crippen LogP contribution in [0, 0.1) is 6.92 Å². The van der Waals surface area contributed by atoms with Gasteiger partial charge in [0, 0.05) is 19.1 Å². The summed E-state index contributed by atoms with van der Waals surface area (Å²) in [4.78, 5) is 46.3. The molecule has 1 N–H and O–H groups in total. The van der Waals surface area contributed by atoms with E-state index < -0.39 is 17.7 Å². The van der Waals surface area contributed by atoms with Gasteiger partial charge in [-0.15, -0.1) is 0 Å². The number of nitrogens with one attached hydrogen (secondary N) is 1. The molecule has 4 rings (SSSR count). The third kappa shape index (κ3) is 5.24. The minimum absolute atomic E-state index is 0.0255. The molecule has 0 radical (unpaired) electrons. The highest BCUT2D eigenvalue weighted by Crippen LogP contribution is 2.27. The van der Waals surface area contributed by atoms with Gasteiger partial charge in [0.15, 0.2) is 0 Å². The van der Waals surface area contributed by atoms with Crippen molar-refractivity contribution in [3.05, 3.63) is 53.6 Å². The molecule has 3 amide bonds. The highest BCUT2D eigenvalue weighted by atomic mass is 16.6. The lowest BCUT2D eigenvalue weighted by Crippen LogP contribution is -2.48. The van der Waals surface area contributed by atoms with Crippen molar-refractivity contribution in [3.63, 3.8) is 0 Å². The van der Waals surface area contributed by atoms with Crippen molar-refractivity contribution in [1.29, 1.82) is 0 Å². The number of hydrogen-bond acceptors (Lipinski definition) is 5. The highest BCUT2D eigenvalue weighted by Gasteiger charge is 2.36. The number of imidazole rings is 1. The molecule has 1 aromatic heterocycles. The van der Waals surface area contributed by atoms with Crippen LogP contribution in [0.1, 0.15) is 63.2 Å². The Morgan fingerprint density at radius 2 is 1.85 bits per heavy atom. The standard InChI is InChI=1S/C25H33N5O4/c1-17-26-15-20-16-29(24(33)30(17)20)19-10-12-28(13-11-19)22(31)14-21(18-8-6-5-7-9-18)27-23(32)34-25(2,3)4/h5-9,15,19,21H,10-14,16H2,1-4H3,(H,27,32). The Labute approximate surface area is 200 Å². The topological polar surface area (TPSA) is 96.8 Å². The number of amides is 3. The van der Waals surface area contributed by atoms with E-state index in [4.69, 9.17) is 4.74 Å². The summed E-state index contributed by atoms with van der Waals surface area (Å²) in [5, 5.41) is 2.86. The molecular formula is C25H33N5O4. The molecule has 2 aliphatic rings. The Morgan fingerprint density at radius 3 is 2.47 bits per heavy atom. The van der Waals surface area contributed by atoms with Gasteiger partial charge in [0.05, 0.1) is 30.9 Å². The monoisotopic (exact) mass is 467 g/mol. The minimum atomic E-state index is -0.625. The Morgan fingerprint density at radius 1 is 1.18 bits per heavy atom. The van der Waals surface area contributed by atoms with E-state index in [2.05, 4.69) is 10.3 Å². The first-order chi connectivity index (χ1) is 16.1. The number of aromatic nitrogens is 2. The fourth-order valence-electron chi connectivity index (χ4n) is 4.64. The number of alkyl carbamates (subject to hydrolysis) is 1. The van der Waals surface area contributed by atoms with Crippen LogP contribution in [0.2, 0.25) is 0 Å². The number of fused-ring (bicyclic) bond motifs is 1. The number of piperidine rings is 1. The molecule has 1 unspecified atom stereocenters. The Balaban J connectivity index is 1.35. The summed E-state index contributed by atoms with van der Waals surface area (Å²) in [6, 6.07) is 9.04. The predicted molar refractivity (Wildman–Crippen MR) is 126 cm³/mol. The molecule has 1 fully saturated rings. The van der Waals surface area contributed by atoms with E-state index in [1.807, 2.05) is 47.1 Å². The number of likely N-dealkylation sites (tertiary alicyclic amines) is 1. The number of ether oxygens (including phenoxy) is 1. The van der Waals surface area contributed by atoms with Gasteiger partial charge < -0.3 is 19.9 Å². The Kier molecular flexibility index (Phi) is 6.63. The first-order valence-electron chi connectivity index (χ1n) is 11.8. The smallest absolute Gasteiger partial charge is 0.408 e. The maximum atomic E-state index is 13.2. The summed E-state index contributed by atoms with van der Waals surface area (Å²) in [6.45, 7) is 8.97. The van der Waals surface area contributed by atoms with Crippen LogP contribution in [-0.2, 0) is 16.1 Å². The van der Waals surface area contributed by atoms with Crippen LogP contribution in [0.5, 0.6) is 0 Å². The van der Waals surface area contributed by atoms with E-state index in [9.17, 15) is 14.4 Å². The fraction of sp³-hybridized carbons (Fsp3) is 0.520. The number of carbonyl (C=O) groups excluding carboxylic acids is 3. The van der Waals surface area contributed by atoms with Gasteiger partial charge in [0.2, 0.25) is 5.91 Å². The number of benzene rings is 1. The van der Waals surface area contributed by atoms with Crippen molar-refractivity contribution in [2.45, 2.75) is 71.2 Å². The summed E-state index contributed by atoms with van der Waals surface area (Å²) in [6.07, 6.45) is 2.81. The lowest BCUT2D eigenvalue weighted by molar-refractivity contribution is -0.133. The Bertz CT molecular complexity index is 1050. The number of hydrogen-bond donors (Lipinski definition) is 1. The van der Waals surface area contributed by atoms with E-state index in [0.717, 1.165) is 24.1 Å². The first-order valence-corrected chi connectivity index (χ1v) is 11.8. The molecule has 2 aliphatic heterocycles. The first kappa shape index (κ1) is 23.8. The number of nitrogens with zero attached hydrogens (tertiary/aromatic N) is 4. The largest absolute Gasteiger partial charge is 0.444 e. The van der Waals surface area contributed by atoms with E-state index >= 15 is 0 Å². The van der Waals surface area contributed by atoms with Crippen molar-refractivity contribution in [2.24, 2.45) is 0 Å². The molecule has 1 atom stereocenters. The predicted octanol–water partition coefficient (Wildman–Crippen LogP) is 3.62. The van der Waals surface area contributed by atoms with Crippen molar-refractivity contribution in [3.8, 4) is 0 Å². The van der Waals surface area contributed by atoms with Gasteiger partial charge in [-0.25, -0.2) is 14.6 Å². The van der Waals surface area contributed by atoms with Crippen LogP contribution >= 0.6 is 0 Å². The Hall–Kier alpha value is -3.36. The third-order valence-corrected chi connectivity index (χ3v) is 6.31. The summed E-state index contributed by atoms with van der Waals surface area (Å²) in [5.74, 6) is 0.682. The van der Waals surface area contributed by atoms with Crippen LogP contribution in [0.4, 0.5) is 9.59 Å². The molecule has 0 aliphatic carbocycles. The second kappa shape index (κ2) is 9.48. The highest BCUT2D eigenvalue weighted by molar-refractivity contribution is 5.81. The molecular weight excluding hydrogens is 434 g/mol. The van der Waals surface area contributed by atoms with Crippen LogP contribution in [0.3, 0.4) is 0 Å². The quantitative estimate of drug-likeness (QED) is 0.724. The van der Waals surface area contributed by atoms with Gasteiger partial charge in [-0.1, -0.05) is 30.3 Å². The second-order valence-corrected chi connectivity index (χ2v) is 9.97. The maximum Gasteiger partial charge on any atom is 0.408 e. The van der Waals surface area contributed by atoms with Gasteiger partial charge in [0.25, 0.3) is 0 Å². The molecule has 0 spiro atoms. The SMILES string of the molecule is Cc1ncc2n1C(=O)N(C1CCN(C(=O)CC(NC(=O)OC(C)(C)C)c3ccccc3)CC1)C2. The van der Waals surface area contributed by atoms with Crippen molar-refractivity contribution >= 4 is 18.0 Å². The fourth-order valence-corrected chi connectivity index (χ4v) is 4.64. The summed E-state index contributed by atoms with van der Waals surface area (Å²) < 4.78 is 7.08. The van der Waals surface area contributed by atoms with Gasteiger partial charge in [-0.2, -0.15) is 0 Å². The van der Waals surface area contributed by atoms with Crippen molar-refractivity contribution in [1.82, 2.24) is 24.7 Å². The zero-order valence-electron chi connectivity index (χ0n) is 20.3. The summed E-state index contributed by atoms with van der Waals surface area (Å²) in [7, 11) is 0. The molecule has 0 saturated carbocycles. The molecule has 1 aromatic carbocycles. The van der Waals surface area contributed by atoms with Gasteiger partial charge in [-0.05, 0) is 46.1 Å². The van der Waals surface area contributed by atoms with Crippen LogP contribution < -0.4 is 5.32 Å². The molecule has 9 heteroatoms. The average Bonchev–Trinajstić information content (AvgIpc) is 3.32. The van der Waals surface area contributed by atoms with Gasteiger partial charge >= 0.3 is 12.1 Å². The van der Waals surface area contributed by atoms with Crippen LogP contribution in [-0.4, -0.2) is 62.1 Å². The van der Waals surface area contributed by atoms with E-state index in [0.29, 0.717) is 25.5 Å². The normalized spacial score (nSPS) is 17.5. The zero-order valence-corrected chi connectivity index (χ0v) is 20.3. The van der Waals surface area contributed by atoms with Gasteiger partial charge in [-0.3, -0.25) is 9.36 Å². The van der Waals surface area contributed by atoms with Crippen LogP contribution in [0.15, 0.2) is 36.5 Å². The molecule has 0 bridgehead atoms. The minimum Gasteiger partial charge on any atom is -0.444 e. The van der Waals surface area contributed by atoms with E-state index in [1.54, 1.807) is 31.5 Å². The second-order valence-electron chi connectivity index (χ2n) is 9.97. The van der Waals surface area contributed by atoms with Gasteiger partial charge in [0.1, 0.15) is 11.4 Å². The third-order valence-electron chi connectivity index (χ3n) is 6.31. The molecule has 9 nitrogen and oxygen atoms in total. The molecule has 34 heavy (non-hydrogen) atoms. The average molecular weight is 468 g/mol. The van der Waals surface area contributed by atoms with Crippen LogP contribution in [0.25, 0.3) is 0 Å². The van der Waals surface area contributed by atoms with Crippen molar-refractivity contribution in [2.75, 3.05) is 13.1 Å². The number of aryl methyl sites for hydroxylation is 1. The van der Waals surface area contributed by atoms with Crippen molar-refractivity contribution < 1.29 is 19.1 Å². The number of carbonyl (C=O) groups is 3. The molecule has 182 valence electrons. The maximum absolute atomic E-state index is 13.2. The molecule has 1 saturated heterocycles. The molecule has 3 heterocycles. The summed E-state index contributed by atoms with van der Waals surface area (Å²) in [5.41, 5.74) is 1.14. The number of rotatable bonds is 5. The molecule has 2 aromatic rings. The van der Waals surface area contributed by atoms with E-state index in [1.165, 1.54) is 0 Å². The van der Waals surface area contributed by atoms with E-state index in [-0.39, 0.29) is 24.4 Å².